The molecule has 4 N–H and O–H groups in total. The molecule has 0 saturated carbocycles. The maximum atomic E-state index is 11.2. The van der Waals surface area contributed by atoms with E-state index in [0.717, 1.165) is 11.4 Å². The largest absolute Gasteiger partial charge is 0.494 e. The van der Waals surface area contributed by atoms with Crippen LogP contribution in [-0.2, 0) is 0 Å². The van der Waals surface area contributed by atoms with Crippen LogP contribution >= 0.6 is 0 Å². The van der Waals surface area contributed by atoms with Gasteiger partial charge in [-0.1, -0.05) is 0 Å². The van der Waals surface area contributed by atoms with Crippen LogP contribution in [0, 0.1) is 0 Å². The van der Waals surface area contributed by atoms with Crippen LogP contribution in [0.1, 0.15) is 6.92 Å². The maximum Gasteiger partial charge on any atom is 0.417 e. The Kier molecular flexibility index (Phi) is 3.27. The summed E-state index contributed by atoms with van der Waals surface area (Å²) in [6.45, 7) is 2.57. The van der Waals surface area contributed by atoms with Gasteiger partial charge in [-0.3, -0.25) is 4.98 Å². The van der Waals surface area contributed by atoms with Crippen LogP contribution in [0.3, 0.4) is 0 Å². The predicted octanol–water partition coefficient (Wildman–Crippen LogP) is 2.85. The van der Waals surface area contributed by atoms with Gasteiger partial charge in [0.15, 0.2) is 5.58 Å². The molecule has 0 radical (unpaired) electrons. The third-order valence-corrected chi connectivity index (χ3v) is 3.04. The van der Waals surface area contributed by atoms with Gasteiger partial charge in [0.25, 0.3) is 0 Å². The Hall–Kier alpha value is -2.89. The van der Waals surface area contributed by atoms with E-state index in [1.807, 2.05) is 31.2 Å². The lowest BCUT2D eigenvalue weighted by Gasteiger charge is -2.10. The number of fused-ring (bicyclic) bond motifs is 1. The van der Waals surface area contributed by atoms with E-state index in [9.17, 15) is 4.79 Å². The molecule has 0 saturated heterocycles. The van der Waals surface area contributed by atoms with Crippen LogP contribution in [0.25, 0.3) is 11.1 Å². The molecule has 21 heavy (non-hydrogen) atoms. The van der Waals surface area contributed by atoms with Crippen LogP contribution in [-0.4, -0.2) is 11.6 Å². The fraction of sp³-hybridized carbons (Fsp3) is 0.133. The first-order chi connectivity index (χ1) is 10.2. The van der Waals surface area contributed by atoms with Crippen LogP contribution in [0.15, 0.2) is 45.6 Å². The molecular formula is C15H15N3O3. The van der Waals surface area contributed by atoms with E-state index in [1.54, 1.807) is 12.1 Å². The fourth-order valence-electron chi connectivity index (χ4n) is 2.08. The van der Waals surface area contributed by atoms with Crippen molar-refractivity contribution in [3.63, 3.8) is 0 Å². The van der Waals surface area contributed by atoms with Crippen LogP contribution in [0.5, 0.6) is 5.75 Å². The lowest BCUT2D eigenvalue weighted by Crippen LogP contribution is -1.97. The topological polar surface area (TPSA) is 93.3 Å². The molecule has 6 nitrogen and oxygen atoms in total. The van der Waals surface area contributed by atoms with E-state index in [2.05, 4.69) is 10.3 Å². The van der Waals surface area contributed by atoms with E-state index < -0.39 is 5.76 Å². The van der Waals surface area contributed by atoms with Crippen molar-refractivity contribution >= 4 is 28.2 Å². The summed E-state index contributed by atoms with van der Waals surface area (Å²) in [6.07, 6.45) is 0. The number of nitrogens with two attached hydrogens (primary N) is 1. The summed E-state index contributed by atoms with van der Waals surface area (Å²) in [6, 6.07) is 10.9. The zero-order valence-electron chi connectivity index (χ0n) is 11.5. The molecule has 0 unspecified atom stereocenters. The molecule has 0 amide bonds. The molecule has 1 heterocycles. The Morgan fingerprint density at radius 1 is 1.29 bits per heavy atom. The molecule has 3 rings (SSSR count). The third kappa shape index (κ3) is 2.69. The minimum absolute atomic E-state index is 0.440. The standard InChI is InChI=1S/C15H15N3O3/c1-2-20-10-5-3-9(4-6-10)17-12-8-13-14(7-11(12)16)21-15(19)18-13/h3-8,17H,2,16H2,1H3,(H,18,19). The first kappa shape index (κ1) is 13.1. The lowest BCUT2D eigenvalue weighted by atomic mass is 10.2. The number of rotatable bonds is 4. The molecule has 3 aromatic rings. The molecule has 0 fully saturated rings. The summed E-state index contributed by atoms with van der Waals surface area (Å²) in [7, 11) is 0. The highest BCUT2D eigenvalue weighted by atomic mass is 16.5. The van der Waals surface area contributed by atoms with E-state index >= 15 is 0 Å². The van der Waals surface area contributed by atoms with Gasteiger partial charge in [0.2, 0.25) is 0 Å². The highest BCUT2D eigenvalue weighted by molar-refractivity contribution is 5.87. The molecule has 0 atom stereocenters. The minimum atomic E-state index is -0.498. The van der Waals surface area contributed by atoms with Gasteiger partial charge in [0.1, 0.15) is 5.75 Å². The normalized spacial score (nSPS) is 10.7. The summed E-state index contributed by atoms with van der Waals surface area (Å²) in [5.74, 6) is 0.313. The van der Waals surface area contributed by atoms with Crippen molar-refractivity contribution in [3.05, 3.63) is 46.9 Å². The predicted molar refractivity (Wildman–Crippen MR) is 82.1 cm³/mol. The van der Waals surface area contributed by atoms with Gasteiger partial charge in [-0.25, -0.2) is 4.79 Å². The van der Waals surface area contributed by atoms with Crippen molar-refractivity contribution in [2.45, 2.75) is 6.92 Å². The van der Waals surface area contributed by atoms with Gasteiger partial charge in [0.05, 0.1) is 23.5 Å². The molecule has 0 aliphatic carbocycles. The molecule has 108 valence electrons. The number of ether oxygens (including phenoxy) is 1. The summed E-state index contributed by atoms with van der Waals surface area (Å²) in [5.41, 5.74) is 9.07. The van der Waals surface area contributed by atoms with E-state index in [1.165, 1.54) is 0 Å². The van der Waals surface area contributed by atoms with Gasteiger partial charge in [0, 0.05) is 11.8 Å². The second kappa shape index (κ2) is 5.24. The van der Waals surface area contributed by atoms with Crippen molar-refractivity contribution in [1.82, 2.24) is 4.98 Å². The second-order valence-corrected chi connectivity index (χ2v) is 4.53. The van der Waals surface area contributed by atoms with Crippen LogP contribution in [0.2, 0.25) is 0 Å². The highest BCUT2D eigenvalue weighted by Crippen LogP contribution is 2.28. The lowest BCUT2D eigenvalue weighted by molar-refractivity contribution is 0.340. The van der Waals surface area contributed by atoms with Gasteiger partial charge >= 0.3 is 5.76 Å². The van der Waals surface area contributed by atoms with Gasteiger partial charge in [-0.15, -0.1) is 0 Å². The number of aromatic nitrogens is 1. The number of anilines is 3. The van der Waals surface area contributed by atoms with Crippen molar-refractivity contribution in [1.29, 1.82) is 0 Å². The quantitative estimate of drug-likeness (QED) is 0.641. The van der Waals surface area contributed by atoms with Gasteiger partial charge in [-0.2, -0.15) is 0 Å². The van der Waals surface area contributed by atoms with Gasteiger partial charge < -0.3 is 20.2 Å². The fourth-order valence-corrected chi connectivity index (χ4v) is 2.08. The van der Waals surface area contributed by atoms with Crippen LogP contribution < -0.4 is 21.5 Å². The highest BCUT2D eigenvalue weighted by Gasteiger charge is 2.07. The molecule has 0 bridgehead atoms. The summed E-state index contributed by atoms with van der Waals surface area (Å²) in [4.78, 5) is 13.8. The average Bonchev–Trinajstić information content (AvgIpc) is 2.81. The first-order valence-corrected chi connectivity index (χ1v) is 6.58. The summed E-state index contributed by atoms with van der Waals surface area (Å²) >= 11 is 0. The van der Waals surface area contributed by atoms with Crippen molar-refractivity contribution in [2.24, 2.45) is 0 Å². The monoisotopic (exact) mass is 285 g/mol. The smallest absolute Gasteiger partial charge is 0.417 e. The van der Waals surface area contributed by atoms with E-state index in [0.29, 0.717) is 29.1 Å². The second-order valence-electron chi connectivity index (χ2n) is 4.53. The summed E-state index contributed by atoms with van der Waals surface area (Å²) < 4.78 is 10.4. The third-order valence-electron chi connectivity index (χ3n) is 3.04. The summed E-state index contributed by atoms with van der Waals surface area (Å²) in [5, 5.41) is 3.20. The zero-order chi connectivity index (χ0) is 14.8. The number of hydrogen-bond acceptors (Lipinski definition) is 5. The maximum absolute atomic E-state index is 11.2. The first-order valence-electron chi connectivity index (χ1n) is 6.58. The number of H-pyrrole nitrogens is 1. The number of hydrogen-bond donors (Lipinski definition) is 3. The molecule has 6 heteroatoms. The van der Waals surface area contributed by atoms with Gasteiger partial charge in [-0.05, 0) is 37.3 Å². The molecule has 0 aliphatic heterocycles. The molecule has 1 aromatic heterocycles. The molecule has 2 aromatic carbocycles. The molecule has 0 spiro atoms. The average molecular weight is 285 g/mol. The Bertz CT molecular complexity index is 818. The Morgan fingerprint density at radius 2 is 2.05 bits per heavy atom. The zero-order valence-corrected chi connectivity index (χ0v) is 11.5. The Labute approximate surface area is 120 Å². The Morgan fingerprint density at radius 3 is 2.76 bits per heavy atom. The van der Waals surface area contributed by atoms with Crippen molar-refractivity contribution in [2.75, 3.05) is 17.7 Å². The number of nitrogen functional groups attached to an aromatic ring is 1. The number of nitrogens with one attached hydrogen (secondary N) is 2. The number of benzene rings is 2. The van der Waals surface area contributed by atoms with Crippen molar-refractivity contribution < 1.29 is 9.15 Å². The molecular weight excluding hydrogens is 270 g/mol. The Balaban J connectivity index is 1.89. The minimum Gasteiger partial charge on any atom is -0.494 e. The van der Waals surface area contributed by atoms with E-state index in [4.69, 9.17) is 14.9 Å². The molecule has 0 aliphatic rings. The van der Waals surface area contributed by atoms with E-state index in [-0.39, 0.29) is 0 Å². The number of oxazole rings is 1. The van der Waals surface area contributed by atoms with Crippen LogP contribution in [0.4, 0.5) is 17.1 Å². The van der Waals surface area contributed by atoms with Crippen molar-refractivity contribution in [3.8, 4) is 5.75 Å². The SMILES string of the molecule is CCOc1ccc(Nc2cc3[nH]c(=O)oc3cc2N)cc1. The number of aromatic amines is 1.